The lowest BCUT2D eigenvalue weighted by Gasteiger charge is -2.31. The van der Waals surface area contributed by atoms with E-state index >= 15 is 0 Å². The van der Waals surface area contributed by atoms with Gasteiger partial charge in [0.25, 0.3) is 0 Å². The van der Waals surface area contributed by atoms with E-state index in [2.05, 4.69) is 27.9 Å². The highest BCUT2D eigenvalue weighted by atomic mass is 32.1. The van der Waals surface area contributed by atoms with Crippen LogP contribution in [0, 0.1) is 18.8 Å². The van der Waals surface area contributed by atoms with Crippen molar-refractivity contribution in [3.63, 3.8) is 0 Å². The lowest BCUT2D eigenvalue weighted by molar-refractivity contribution is -0.122. The molecule has 0 aromatic carbocycles. The third-order valence-electron chi connectivity index (χ3n) is 5.86. The van der Waals surface area contributed by atoms with Gasteiger partial charge in [-0.3, -0.25) is 19.8 Å². The molecule has 2 heterocycles. The highest BCUT2D eigenvalue weighted by Gasteiger charge is 2.27. The third kappa shape index (κ3) is 6.50. The van der Waals surface area contributed by atoms with Crippen molar-refractivity contribution >= 4 is 34.3 Å². The van der Waals surface area contributed by atoms with Crippen molar-refractivity contribution in [2.45, 2.75) is 58.4 Å². The molecule has 1 aromatic heterocycles. The maximum atomic E-state index is 12.4. The van der Waals surface area contributed by atoms with Crippen LogP contribution in [0.1, 0.15) is 51.1 Å². The molecule has 0 bridgehead atoms. The number of rotatable bonds is 5. The van der Waals surface area contributed by atoms with Crippen LogP contribution in [-0.2, 0) is 9.59 Å². The van der Waals surface area contributed by atoms with E-state index in [1.807, 2.05) is 17.2 Å². The monoisotopic (exact) mass is 421 g/mol. The fourth-order valence-electron chi connectivity index (χ4n) is 4.08. The number of amides is 4. The zero-order chi connectivity index (χ0) is 20.8. The van der Waals surface area contributed by atoms with Crippen LogP contribution in [0.3, 0.4) is 0 Å². The minimum atomic E-state index is -0.401. The van der Waals surface area contributed by atoms with Crippen molar-refractivity contribution in [2.24, 2.45) is 11.8 Å². The summed E-state index contributed by atoms with van der Waals surface area (Å²) in [6.07, 6.45) is 5.79. The van der Waals surface area contributed by atoms with Crippen molar-refractivity contribution < 1.29 is 14.4 Å². The topological polar surface area (TPSA) is 103 Å². The summed E-state index contributed by atoms with van der Waals surface area (Å²) in [5.41, 5.74) is 0.896. The minimum Gasteiger partial charge on any atom is -0.335 e. The summed E-state index contributed by atoms with van der Waals surface area (Å²) in [7, 11) is 0. The van der Waals surface area contributed by atoms with Crippen molar-refractivity contribution in [1.82, 2.24) is 20.5 Å². The van der Waals surface area contributed by atoms with E-state index < -0.39 is 6.03 Å². The molecule has 1 aliphatic heterocycles. The van der Waals surface area contributed by atoms with E-state index in [4.69, 9.17) is 0 Å². The zero-order valence-corrected chi connectivity index (χ0v) is 18.0. The lowest BCUT2D eigenvalue weighted by atomic mass is 9.86. The van der Waals surface area contributed by atoms with Gasteiger partial charge in [0.05, 0.1) is 12.2 Å². The number of hydrogen-bond acceptors (Lipinski definition) is 6. The van der Waals surface area contributed by atoms with Crippen molar-refractivity contribution in [2.75, 3.05) is 25.0 Å². The van der Waals surface area contributed by atoms with E-state index in [9.17, 15) is 14.4 Å². The first-order chi connectivity index (χ1) is 13.9. The Bertz CT molecular complexity index is 729. The average Bonchev–Trinajstić information content (AvgIpc) is 3.08. The smallest absolute Gasteiger partial charge is 0.321 e. The summed E-state index contributed by atoms with van der Waals surface area (Å²) < 4.78 is 0. The number of hydrogen-bond donors (Lipinski definition) is 3. The maximum absolute atomic E-state index is 12.4. The quantitative estimate of drug-likeness (QED) is 0.678. The van der Waals surface area contributed by atoms with Gasteiger partial charge >= 0.3 is 6.03 Å². The van der Waals surface area contributed by atoms with Crippen molar-refractivity contribution in [1.29, 1.82) is 0 Å². The van der Waals surface area contributed by atoms with Crippen molar-refractivity contribution in [3.8, 4) is 0 Å². The Labute approximate surface area is 175 Å². The first-order valence-electron chi connectivity index (χ1n) is 10.5. The zero-order valence-electron chi connectivity index (χ0n) is 17.2. The van der Waals surface area contributed by atoms with E-state index in [1.54, 1.807) is 0 Å². The molecule has 2 atom stereocenters. The molecule has 2 aliphatic rings. The summed E-state index contributed by atoms with van der Waals surface area (Å²) in [5, 5.41) is 10.8. The van der Waals surface area contributed by atoms with E-state index in [-0.39, 0.29) is 30.3 Å². The minimum absolute atomic E-state index is 0.00979. The summed E-state index contributed by atoms with van der Waals surface area (Å²) in [4.78, 5) is 42.9. The Kier molecular flexibility index (Phi) is 7.60. The molecule has 1 saturated heterocycles. The number of urea groups is 1. The molecule has 3 N–H and O–H groups in total. The van der Waals surface area contributed by atoms with Gasteiger partial charge in [0.2, 0.25) is 11.8 Å². The molecule has 0 spiro atoms. The predicted octanol–water partition coefficient (Wildman–Crippen LogP) is 2.51. The van der Waals surface area contributed by atoms with Crippen LogP contribution in [0.25, 0.3) is 0 Å². The van der Waals surface area contributed by atoms with Gasteiger partial charge in [0.15, 0.2) is 5.13 Å². The number of thiazole rings is 1. The number of likely N-dealkylation sites (tertiary alicyclic amines) is 1. The maximum Gasteiger partial charge on any atom is 0.321 e. The van der Waals surface area contributed by atoms with Gasteiger partial charge < -0.3 is 10.6 Å². The fraction of sp³-hybridized carbons (Fsp3) is 0.700. The molecule has 1 aromatic rings. The highest BCUT2D eigenvalue weighted by Crippen LogP contribution is 2.24. The Hall–Kier alpha value is -2.00. The van der Waals surface area contributed by atoms with Crippen LogP contribution >= 0.6 is 11.3 Å². The van der Waals surface area contributed by atoms with E-state index in [0.717, 1.165) is 25.0 Å². The van der Waals surface area contributed by atoms with Gasteiger partial charge in [0.1, 0.15) is 0 Å². The third-order valence-corrected chi connectivity index (χ3v) is 6.73. The van der Waals surface area contributed by atoms with Gasteiger partial charge in [-0.1, -0.05) is 19.8 Å². The number of aromatic nitrogens is 1. The second-order valence-electron chi connectivity index (χ2n) is 8.22. The molecular formula is C20H31N5O3S. The Morgan fingerprint density at radius 1 is 1.17 bits per heavy atom. The summed E-state index contributed by atoms with van der Waals surface area (Å²) >= 11 is 1.42. The van der Waals surface area contributed by atoms with Gasteiger partial charge in [-0.15, -0.1) is 11.3 Å². The number of imide groups is 1. The van der Waals surface area contributed by atoms with E-state index in [1.165, 1.54) is 17.8 Å². The Morgan fingerprint density at radius 2 is 1.90 bits per heavy atom. The SMILES string of the molecule is Cc1csc(NC(=O)C2CCN(CC(=O)NC(=O)N[C@H]3CCCC[C@@H]3C)CC2)n1. The molecular weight excluding hydrogens is 390 g/mol. The molecule has 9 heteroatoms. The van der Waals surface area contributed by atoms with Crippen LogP contribution in [0.15, 0.2) is 5.38 Å². The number of aryl methyl sites for hydroxylation is 1. The van der Waals surface area contributed by atoms with Crippen molar-refractivity contribution in [3.05, 3.63) is 11.1 Å². The number of anilines is 1. The summed E-state index contributed by atoms with van der Waals surface area (Å²) in [6, 6.07) is -0.255. The first kappa shape index (κ1) is 21.7. The van der Waals surface area contributed by atoms with Crippen LogP contribution in [-0.4, -0.2) is 53.4 Å². The standard InChI is InChI=1S/C20H31N5O3S/c1-13-5-3-4-6-16(13)22-19(28)23-17(26)11-25-9-7-15(8-10-25)18(27)24-20-21-14(2)12-29-20/h12-13,15-16H,3-11H2,1-2H3,(H,21,24,27)(H2,22,23,26,28)/t13-,16-/m0/s1. The lowest BCUT2D eigenvalue weighted by Crippen LogP contribution is -2.50. The van der Waals surface area contributed by atoms with Crippen LogP contribution in [0.4, 0.5) is 9.93 Å². The van der Waals surface area contributed by atoms with Gasteiger partial charge in [-0.2, -0.15) is 0 Å². The van der Waals surface area contributed by atoms with Crippen LogP contribution < -0.4 is 16.0 Å². The Balaban J connectivity index is 1.35. The number of carbonyl (C=O) groups excluding carboxylic acids is 3. The molecule has 0 radical (unpaired) electrons. The number of nitrogens with zero attached hydrogens (tertiary/aromatic N) is 2. The first-order valence-corrected chi connectivity index (χ1v) is 11.3. The molecule has 8 nitrogen and oxygen atoms in total. The van der Waals surface area contributed by atoms with Crippen LogP contribution in [0.5, 0.6) is 0 Å². The molecule has 3 rings (SSSR count). The molecule has 29 heavy (non-hydrogen) atoms. The number of nitrogens with one attached hydrogen (secondary N) is 3. The Morgan fingerprint density at radius 3 is 2.55 bits per heavy atom. The number of piperidine rings is 1. The van der Waals surface area contributed by atoms with Gasteiger partial charge in [-0.05, 0) is 51.6 Å². The summed E-state index contributed by atoms with van der Waals surface area (Å²) in [6.45, 7) is 5.52. The fourth-order valence-corrected chi connectivity index (χ4v) is 4.77. The predicted molar refractivity (Wildman–Crippen MR) is 113 cm³/mol. The molecule has 1 aliphatic carbocycles. The van der Waals surface area contributed by atoms with Gasteiger partial charge in [-0.25, -0.2) is 9.78 Å². The molecule has 4 amide bonds. The second-order valence-corrected chi connectivity index (χ2v) is 9.08. The molecule has 2 fully saturated rings. The number of carbonyl (C=O) groups is 3. The van der Waals surface area contributed by atoms with Crippen LogP contribution in [0.2, 0.25) is 0 Å². The highest BCUT2D eigenvalue weighted by molar-refractivity contribution is 7.13. The van der Waals surface area contributed by atoms with E-state index in [0.29, 0.717) is 37.0 Å². The second kappa shape index (κ2) is 10.2. The molecule has 160 valence electrons. The average molecular weight is 422 g/mol. The van der Waals surface area contributed by atoms with Gasteiger partial charge in [0, 0.05) is 17.3 Å². The molecule has 1 saturated carbocycles. The largest absolute Gasteiger partial charge is 0.335 e. The normalized spacial score (nSPS) is 23.4. The summed E-state index contributed by atoms with van der Waals surface area (Å²) in [5.74, 6) is 0.0641. The molecule has 0 unspecified atom stereocenters.